The van der Waals surface area contributed by atoms with Crippen LogP contribution in [0.3, 0.4) is 0 Å². The van der Waals surface area contributed by atoms with E-state index in [2.05, 4.69) is 0 Å². The zero-order valence-electron chi connectivity index (χ0n) is 5.66. The van der Waals surface area contributed by atoms with Gasteiger partial charge >= 0.3 is 0 Å². The fraction of sp³-hybridized carbons (Fsp3) is 1.00. The summed E-state index contributed by atoms with van der Waals surface area (Å²) in [5, 5.41) is 26.3. The van der Waals surface area contributed by atoms with Crippen molar-refractivity contribution in [1.29, 1.82) is 0 Å². The van der Waals surface area contributed by atoms with Gasteiger partial charge in [-0.2, -0.15) is 0 Å². The first-order chi connectivity index (χ1) is 4.75. The predicted octanol–water partition coefficient (Wildman–Crippen LogP) is -1.51. The first-order valence-corrected chi connectivity index (χ1v) is 3.29. The Morgan fingerprint density at radius 3 is 2.40 bits per heavy atom. The summed E-state index contributed by atoms with van der Waals surface area (Å²) in [7, 11) is 0. The van der Waals surface area contributed by atoms with E-state index in [1.165, 1.54) is 0 Å². The SMILES string of the molecule is OCCC(O)C1(CO)CO1. The minimum Gasteiger partial charge on any atom is -0.396 e. The molecule has 1 rings (SSSR count). The zero-order valence-corrected chi connectivity index (χ0v) is 5.66. The third-order valence-corrected chi connectivity index (χ3v) is 1.79. The van der Waals surface area contributed by atoms with E-state index < -0.39 is 11.7 Å². The van der Waals surface area contributed by atoms with Crippen LogP contribution in [0.25, 0.3) is 0 Å². The molecule has 10 heavy (non-hydrogen) atoms. The molecule has 1 heterocycles. The molecule has 4 heteroatoms. The van der Waals surface area contributed by atoms with E-state index in [1.54, 1.807) is 0 Å². The Morgan fingerprint density at radius 1 is 1.50 bits per heavy atom. The molecule has 3 N–H and O–H groups in total. The third-order valence-electron chi connectivity index (χ3n) is 1.79. The monoisotopic (exact) mass is 148 g/mol. The van der Waals surface area contributed by atoms with Crippen molar-refractivity contribution in [2.45, 2.75) is 18.1 Å². The highest BCUT2D eigenvalue weighted by Gasteiger charge is 2.50. The van der Waals surface area contributed by atoms with Gasteiger partial charge in [0.25, 0.3) is 0 Å². The molecule has 0 spiro atoms. The number of hydrogen-bond donors (Lipinski definition) is 3. The van der Waals surface area contributed by atoms with Gasteiger partial charge < -0.3 is 20.1 Å². The number of rotatable bonds is 4. The molecule has 2 unspecified atom stereocenters. The average molecular weight is 148 g/mol. The zero-order chi connectivity index (χ0) is 7.61. The molecule has 1 saturated heterocycles. The van der Waals surface area contributed by atoms with Gasteiger partial charge in [-0.25, -0.2) is 0 Å². The van der Waals surface area contributed by atoms with Crippen LogP contribution < -0.4 is 0 Å². The molecule has 60 valence electrons. The van der Waals surface area contributed by atoms with Crippen molar-refractivity contribution in [3.05, 3.63) is 0 Å². The maximum atomic E-state index is 9.19. The van der Waals surface area contributed by atoms with E-state index >= 15 is 0 Å². The van der Waals surface area contributed by atoms with Crippen LogP contribution in [0.1, 0.15) is 6.42 Å². The van der Waals surface area contributed by atoms with Gasteiger partial charge in [-0.3, -0.25) is 0 Å². The molecule has 0 amide bonds. The molecule has 1 aliphatic heterocycles. The van der Waals surface area contributed by atoms with Crippen molar-refractivity contribution < 1.29 is 20.1 Å². The lowest BCUT2D eigenvalue weighted by atomic mass is 10.0. The molecule has 0 bridgehead atoms. The summed E-state index contributed by atoms with van der Waals surface area (Å²) < 4.78 is 4.85. The average Bonchev–Trinajstić information content (AvgIpc) is 2.68. The van der Waals surface area contributed by atoms with Crippen LogP contribution in [0.15, 0.2) is 0 Å². The Kier molecular flexibility index (Phi) is 2.25. The van der Waals surface area contributed by atoms with Crippen LogP contribution in [-0.2, 0) is 4.74 Å². The number of hydrogen-bond acceptors (Lipinski definition) is 4. The van der Waals surface area contributed by atoms with Crippen molar-refractivity contribution in [2.24, 2.45) is 0 Å². The van der Waals surface area contributed by atoms with Crippen molar-refractivity contribution >= 4 is 0 Å². The van der Waals surface area contributed by atoms with Gasteiger partial charge in [-0.15, -0.1) is 0 Å². The smallest absolute Gasteiger partial charge is 0.140 e. The second kappa shape index (κ2) is 2.84. The normalized spacial score (nSPS) is 33.9. The van der Waals surface area contributed by atoms with Gasteiger partial charge in [0.15, 0.2) is 0 Å². The van der Waals surface area contributed by atoms with E-state index in [4.69, 9.17) is 14.9 Å². The standard InChI is InChI=1S/C6H12O4/c7-2-1-5(9)6(3-8)4-10-6/h5,7-9H,1-4H2. The highest BCUT2D eigenvalue weighted by atomic mass is 16.6. The molecule has 0 aromatic carbocycles. The summed E-state index contributed by atoms with van der Waals surface area (Å²) in [5.41, 5.74) is -0.747. The second-order valence-electron chi connectivity index (χ2n) is 2.54. The topological polar surface area (TPSA) is 73.2 Å². The van der Waals surface area contributed by atoms with Gasteiger partial charge in [0.2, 0.25) is 0 Å². The van der Waals surface area contributed by atoms with Gasteiger partial charge in [-0.1, -0.05) is 0 Å². The first-order valence-electron chi connectivity index (χ1n) is 3.29. The van der Waals surface area contributed by atoms with Gasteiger partial charge in [0.05, 0.1) is 19.3 Å². The Labute approximate surface area is 59.1 Å². The van der Waals surface area contributed by atoms with E-state index in [0.29, 0.717) is 6.61 Å². The lowest BCUT2D eigenvalue weighted by molar-refractivity contribution is 0.0217. The van der Waals surface area contributed by atoms with E-state index in [9.17, 15) is 5.11 Å². The van der Waals surface area contributed by atoms with E-state index in [-0.39, 0.29) is 19.6 Å². The molecule has 2 atom stereocenters. The summed E-state index contributed by atoms with van der Waals surface area (Å²) in [6.07, 6.45) is -0.469. The number of aliphatic hydroxyl groups is 3. The van der Waals surface area contributed by atoms with Crippen molar-refractivity contribution in [3.8, 4) is 0 Å². The minimum atomic E-state index is -0.747. The lowest BCUT2D eigenvalue weighted by Crippen LogP contribution is -2.34. The Balaban J connectivity index is 2.32. The third kappa shape index (κ3) is 1.29. The number of aliphatic hydroxyl groups excluding tert-OH is 3. The molecule has 0 aliphatic carbocycles. The number of ether oxygens (including phenoxy) is 1. The van der Waals surface area contributed by atoms with Crippen LogP contribution in [0, 0.1) is 0 Å². The molecular formula is C6H12O4. The molecule has 0 saturated carbocycles. The summed E-state index contributed by atoms with van der Waals surface area (Å²) in [6, 6.07) is 0. The van der Waals surface area contributed by atoms with Crippen molar-refractivity contribution in [3.63, 3.8) is 0 Å². The fourth-order valence-corrected chi connectivity index (χ4v) is 0.867. The summed E-state index contributed by atoms with van der Waals surface area (Å²) in [6.45, 7) is 0.144. The van der Waals surface area contributed by atoms with E-state index in [0.717, 1.165) is 0 Å². The molecule has 1 aliphatic rings. The molecule has 4 nitrogen and oxygen atoms in total. The van der Waals surface area contributed by atoms with Crippen LogP contribution >= 0.6 is 0 Å². The molecule has 0 radical (unpaired) electrons. The highest BCUT2D eigenvalue weighted by Crippen LogP contribution is 2.31. The number of epoxide rings is 1. The molecule has 1 fully saturated rings. The minimum absolute atomic E-state index is 0.0771. The maximum absolute atomic E-state index is 9.19. The van der Waals surface area contributed by atoms with Gasteiger partial charge in [0.1, 0.15) is 5.60 Å². The maximum Gasteiger partial charge on any atom is 0.140 e. The predicted molar refractivity (Wildman–Crippen MR) is 33.5 cm³/mol. The van der Waals surface area contributed by atoms with Gasteiger partial charge in [0, 0.05) is 6.61 Å². The molecule has 0 aromatic rings. The van der Waals surface area contributed by atoms with Crippen LogP contribution in [-0.4, -0.2) is 46.8 Å². The van der Waals surface area contributed by atoms with Crippen LogP contribution in [0.4, 0.5) is 0 Å². The second-order valence-corrected chi connectivity index (χ2v) is 2.54. The highest BCUT2D eigenvalue weighted by molar-refractivity contribution is 4.97. The summed E-state index contributed by atoms with van der Waals surface area (Å²) in [4.78, 5) is 0. The van der Waals surface area contributed by atoms with Crippen LogP contribution in [0.5, 0.6) is 0 Å². The van der Waals surface area contributed by atoms with Crippen molar-refractivity contribution in [2.75, 3.05) is 19.8 Å². The van der Waals surface area contributed by atoms with E-state index in [1.807, 2.05) is 0 Å². The van der Waals surface area contributed by atoms with Crippen molar-refractivity contribution in [1.82, 2.24) is 0 Å². The largest absolute Gasteiger partial charge is 0.396 e. The quantitative estimate of drug-likeness (QED) is 0.424. The Hall–Kier alpha value is -0.160. The fourth-order valence-electron chi connectivity index (χ4n) is 0.867. The summed E-state index contributed by atoms with van der Waals surface area (Å²) >= 11 is 0. The Morgan fingerprint density at radius 2 is 2.10 bits per heavy atom. The summed E-state index contributed by atoms with van der Waals surface area (Å²) in [5.74, 6) is 0. The lowest BCUT2D eigenvalue weighted by Gasteiger charge is -2.14. The molecular weight excluding hydrogens is 136 g/mol. The van der Waals surface area contributed by atoms with Gasteiger partial charge in [-0.05, 0) is 6.42 Å². The van der Waals surface area contributed by atoms with Crippen LogP contribution in [0.2, 0.25) is 0 Å². The first kappa shape index (κ1) is 7.94. The molecule has 0 aromatic heterocycles. The Bertz CT molecular complexity index is 110.